The minimum atomic E-state index is 0.279. The second-order valence-electron chi connectivity index (χ2n) is 4.34. The molecule has 0 aliphatic rings. The highest BCUT2D eigenvalue weighted by molar-refractivity contribution is 5.21. The molecule has 90 valence electrons. The lowest BCUT2D eigenvalue weighted by Gasteiger charge is -2.14. The average molecular weight is 229 g/mol. The number of aromatic nitrogens is 2. The Morgan fingerprint density at radius 1 is 1.29 bits per heavy atom. The van der Waals surface area contributed by atoms with Crippen LogP contribution >= 0.6 is 0 Å². The van der Waals surface area contributed by atoms with E-state index in [1.165, 1.54) is 11.3 Å². The molecule has 3 heteroatoms. The molecular weight excluding hydrogens is 210 g/mol. The van der Waals surface area contributed by atoms with E-state index in [1.54, 1.807) is 0 Å². The van der Waals surface area contributed by atoms with Crippen LogP contribution in [0, 0.1) is 6.92 Å². The van der Waals surface area contributed by atoms with Gasteiger partial charge >= 0.3 is 0 Å². The minimum absolute atomic E-state index is 0.279. The average Bonchev–Trinajstić information content (AvgIpc) is 2.71. The van der Waals surface area contributed by atoms with Crippen molar-refractivity contribution in [2.45, 2.75) is 26.4 Å². The fourth-order valence-corrected chi connectivity index (χ4v) is 2.09. The van der Waals surface area contributed by atoms with Crippen molar-refractivity contribution in [1.29, 1.82) is 0 Å². The summed E-state index contributed by atoms with van der Waals surface area (Å²) in [4.78, 5) is 0. The molecule has 0 radical (unpaired) electrons. The third kappa shape index (κ3) is 2.56. The van der Waals surface area contributed by atoms with E-state index in [9.17, 15) is 0 Å². The Bertz CT molecular complexity index is 473. The molecule has 1 aromatic carbocycles. The summed E-state index contributed by atoms with van der Waals surface area (Å²) in [6.07, 6.45) is 0. The highest BCUT2D eigenvalue weighted by Gasteiger charge is 2.11. The molecule has 1 N–H and O–H groups in total. The highest BCUT2D eigenvalue weighted by atomic mass is 15.3. The molecule has 0 saturated heterocycles. The molecule has 2 aromatic rings. The Balaban J connectivity index is 2.28. The van der Waals surface area contributed by atoms with Crippen LogP contribution in [0.1, 0.15) is 29.9 Å². The summed E-state index contributed by atoms with van der Waals surface area (Å²) in [5, 5.41) is 7.76. The first-order chi connectivity index (χ1) is 8.22. The molecule has 0 spiro atoms. The van der Waals surface area contributed by atoms with Crippen molar-refractivity contribution in [3.8, 4) is 0 Å². The van der Waals surface area contributed by atoms with Gasteiger partial charge in [0.2, 0.25) is 0 Å². The van der Waals surface area contributed by atoms with Gasteiger partial charge in [0.05, 0.1) is 11.7 Å². The Hall–Kier alpha value is -1.61. The van der Waals surface area contributed by atoms with E-state index in [1.807, 2.05) is 13.1 Å². The number of hydrogen-bond acceptors (Lipinski definition) is 2. The molecule has 0 amide bonds. The predicted molar refractivity (Wildman–Crippen MR) is 70.0 cm³/mol. The molecule has 1 aromatic heterocycles. The maximum atomic E-state index is 4.63. The molecule has 0 aliphatic heterocycles. The smallest absolute Gasteiger partial charge is 0.0765 e. The molecule has 1 heterocycles. The van der Waals surface area contributed by atoms with Crippen molar-refractivity contribution in [3.63, 3.8) is 0 Å². The normalized spacial score (nSPS) is 12.6. The van der Waals surface area contributed by atoms with Gasteiger partial charge in [0, 0.05) is 12.2 Å². The van der Waals surface area contributed by atoms with E-state index in [0.717, 1.165) is 12.2 Å². The van der Waals surface area contributed by atoms with E-state index < -0.39 is 0 Å². The molecule has 0 saturated carbocycles. The zero-order valence-corrected chi connectivity index (χ0v) is 10.6. The zero-order chi connectivity index (χ0) is 12.3. The van der Waals surface area contributed by atoms with Crippen LogP contribution in [0.3, 0.4) is 0 Å². The van der Waals surface area contributed by atoms with E-state index in [-0.39, 0.29) is 6.04 Å². The Morgan fingerprint density at radius 2 is 2.00 bits per heavy atom. The monoisotopic (exact) mass is 229 g/mol. The highest BCUT2D eigenvalue weighted by Crippen LogP contribution is 2.19. The van der Waals surface area contributed by atoms with Crippen LogP contribution in [0.15, 0.2) is 36.4 Å². The number of benzene rings is 1. The summed E-state index contributed by atoms with van der Waals surface area (Å²) < 4.78 is 2.09. The summed E-state index contributed by atoms with van der Waals surface area (Å²) in [5.41, 5.74) is 3.58. The van der Waals surface area contributed by atoms with Crippen LogP contribution < -0.4 is 5.32 Å². The summed E-state index contributed by atoms with van der Waals surface area (Å²) in [5.74, 6) is 0. The fourth-order valence-electron chi connectivity index (χ4n) is 2.09. The summed E-state index contributed by atoms with van der Waals surface area (Å²) in [6, 6.07) is 12.9. The number of nitrogens with one attached hydrogen (secondary N) is 1. The summed E-state index contributed by atoms with van der Waals surface area (Å²) in [7, 11) is 1.94. The van der Waals surface area contributed by atoms with Gasteiger partial charge in [0.15, 0.2) is 0 Å². The minimum Gasteiger partial charge on any atom is -0.314 e. The lowest BCUT2D eigenvalue weighted by molar-refractivity contribution is 0.541. The summed E-state index contributed by atoms with van der Waals surface area (Å²) >= 11 is 0. The van der Waals surface area contributed by atoms with Crippen molar-refractivity contribution in [2.75, 3.05) is 7.05 Å². The molecule has 0 aliphatic carbocycles. The first kappa shape index (κ1) is 11.9. The van der Waals surface area contributed by atoms with Crippen molar-refractivity contribution in [2.24, 2.45) is 0 Å². The fraction of sp³-hybridized carbons (Fsp3) is 0.357. The first-order valence-electron chi connectivity index (χ1n) is 5.97. The van der Waals surface area contributed by atoms with Crippen molar-refractivity contribution in [1.82, 2.24) is 15.1 Å². The molecular formula is C14H19N3. The molecule has 0 bridgehead atoms. The van der Waals surface area contributed by atoms with Crippen molar-refractivity contribution < 1.29 is 0 Å². The Morgan fingerprint density at radius 3 is 2.65 bits per heavy atom. The molecule has 1 atom stereocenters. The second kappa shape index (κ2) is 5.15. The van der Waals surface area contributed by atoms with E-state index >= 15 is 0 Å². The number of rotatable bonds is 4. The number of hydrogen-bond donors (Lipinski definition) is 1. The summed E-state index contributed by atoms with van der Waals surface area (Å²) in [6.45, 7) is 5.10. The Kier molecular flexibility index (Phi) is 3.59. The third-order valence-electron chi connectivity index (χ3n) is 2.98. The van der Waals surface area contributed by atoms with Gasteiger partial charge in [-0.2, -0.15) is 5.10 Å². The van der Waals surface area contributed by atoms with Crippen LogP contribution in [0.25, 0.3) is 0 Å². The van der Waals surface area contributed by atoms with Crippen LogP contribution in [-0.2, 0) is 6.54 Å². The SMILES string of the molecule is CNCc1cc(C)n(C(C)c2ccccc2)n1. The van der Waals surface area contributed by atoms with Crippen LogP contribution in [0.5, 0.6) is 0 Å². The topological polar surface area (TPSA) is 29.9 Å². The van der Waals surface area contributed by atoms with E-state index in [0.29, 0.717) is 0 Å². The molecule has 1 unspecified atom stereocenters. The van der Waals surface area contributed by atoms with E-state index in [2.05, 4.69) is 59.3 Å². The molecule has 17 heavy (non-hydrogen) atoms. The van der Waals surface area contributed by atoms with Gasteiger partial charge in [-0.05, 0) is 32.5 Å². The van der Waals surface area contributed by atoms with Crippen molar-refractivity contribution >= 4 is 0 Å². The number of nitrogens with zero attached hydrogens (tertiary/aromatic N) is 2. The van der Waals surface area contributed by atoms with Gasteiger partial charge in [-0.15, -0.1) is 0 Å². The van der Waals surface area contributed by atoms with Gasteiger partial charge in [-0.25, -0.2) is 0 Å². The third-order valence-corrected chi connectivity index (χ3v) is 2.98. The largest absolute Gasteiger partial charge is 0.314 e. The zero-order valence-electron chi connectivity index (χ0n) is 10.6. The van der Waals surface area contributed by atoms with Gasteiger partial charge in [-0.1, -0.05) is 30.3 Å². The molecule has 0 fully saturated rings. The predicted octanol–water partition coefficient (Wildman–Crippen LogP) is 2.52. The quantitative estimate of drug-likeness (QED) is 0.873. The lowest BCUT2D eigenvalue weighted by atomic mass is 10.1. The van der Waals surface area contributed by atoms with Crippen molar-refractivity contribution in [3.05, 3.63) is 53.3 Å². The number of aryl methyl sites for hydroxylation is 1. The van der Waals surface area contributed by atoms with Gasteiger partial charge < -0.3 is 5.32 Å². The standard InChI is InChI=1S/C14H19N3/c1-11-9-14(10-15-3)16-17(11)12(2)13-7-5-4-6-8-13/h4-9,12,15H,10H2,1-3H3. The van der Waals surface area contributed by atoms with Crippen LogP contribution in [-0.4, -0.2) is 16.8 Å². The molecule has 2 rings (SSSR count). The Labute approximate surface area is 102 Å². The van der Waals surface area contributed by atoms with Crippen LogP contribution in [0.4, 0.5) is 0 Å². The lowest BCUT2D eigenvalue weighted by Crippen LogP contribution is -2.11. The maximum absolute atomic E-state index is 4.63. The van der Waals surface area contributed by atoms with Gasteiger partial charge in [0.1, 0.15) is 0 Å². The van der Waals surface area contributed by atoms with Gasteiger partial charge in [-0.3, -0.25) is 4.68 Å². The molecule has 3 nitrogen and oxygen atoms in total. The first-order valence-corrected chi connectivity index (χ1v) is 5.97. The maximum Gasteiger partial charge on any atom is 0.0765 e. The van der Waals surface area contributed by atoms with Crippen LogP contribution in [0.2, 0.25) is 0 Å². The van der Waals surface area contributed by atoms with E-state index in [4.69, 9.17) is 0 Å². The van der Waals surface area contributed by atoms with Gasteiger partial charge in [0.25, 0.3) is 0 Å². The second-order valence-corrected chi connectivity index (χ2v) is 4.34.